The Morgan fingerprint density at radius 3 is 2.78 bits per heavy atom. The first-order chi connectivity index (χ1) is 8.65. The Kier molecular flexibility index (Phi) is 5.63. The molecule has 4 nitrogen and oxygen atoms in total. The number of rotatable bonds is 7. The molecule has 1 rings (SSSR count). The second-order valence-electron chi connectivity index (χ2n) is 4.41. The topological polar surface area (TPSA) is 65.3 Å². The molecule has 98 valence electrons. The van der Waals surface area contributed by atoms with Crippen LogP contribution in [0.2, 0.25) is 0 Å². The van der Waals surface area contributed by atoms with Crippen LogP contribution in [0.5, 0.6) is 5.75 Å². The van der Waals surface area contributed by atoms with Crippen LogP contribution in [-0.4, -0.2) is 24.3 Å². The van der Waals surface area contributed by atoms with Crippen molar-refractivity contribution in [3.8, 4) is 11.8 Å². The van der Waals surface area contributed by atoms with Crippen molar-refractivity contribution < 1.29 is 9.84 Å². The number of benzene rings is 1. The van der Waals surface area contributed by atoms with Crippen LogP contribution in [0.1, 0.15) is 25.3 Å². The van der Waals surface area contributed by atoms with Gasteiger partial charge in [-0.25, -0.2) is 0 Å². The van der Waals surface area contributed by atoms with E-state index in [9.17, 15) is 0 Å². The first kappa shape index (κ1) is 14.5. The van der Waals surface area contributed by atoms with Crippen molar-refractivity contribution in [2.75, 3.05) is 13.7 Å². The van der Waals surface area contributed by atoms with Gasteiger partial charge in [-0.3, -0.25) is 0 Å². The number of para-hydroxylation sites is 1. The predicted octanol–water partition coefficient (Wildman–Crippen LogP) is 1.84. The molecule has 0 aromatic heterocycles. The SMILES string of the molecule is CNC(C)(C#N)CCCOc1ccccc1CO. The minimum Gasteiger partial charge on any atom is -0.493 e. The lowest BCUT2D eigenvalue weighted by Crippen LogP contribution is -2.38. The van der Waals surface area contributed by atoms with Crippen LogP contribution < -0.4 is 10.1 Å². The molecule has 0 amide bonds. The summed E-state index contributed by atoms with van der Waals surface area (Å²) in [5.74, 6) is 0.711. The van der Waals surface area contributed by atoms with Gasteiger partial charge in [0.15, 0.2) is 0 Å². The summed E-state index contributed by atoms with van der Waals surface area (Å²) < 4.78 is 5.62. The largest absolute Gasteiger partial charge is 0.493 e. The second kappa shape index (κ2) is 7.00. The highest BCUT2D eigenvalue weighted by Crippen LogP contribution is 2.18. The number of aliphatic hydroxyl groups is 1. The number of aliphatic hydroxyl groups excluding tert-OH is 1. The van der Waals surface area contributed by atoms with E-state index in [-0.39, 0.29) is 6.61 Å². The lowest BCUT2D eigenvalue weighted by Gasteiger charge is -2.20. The maximum absolute atomic E-state index is 9.15. The number of nitrogens with one attached hydrogen (secondary N) is 1. The number of hydrogen-bond donors (Lipinski definition) is 2. The lowest BCUT2D eigenvalue weighted by atomic mass is 9.98. The van der Waals surface area contributed by atoms with Crippen molar-refractivity contribution >= 4 is 0 Å². The van der Waals surface area contributed by atoms with Gasteiger partial charge < -0.3 is 15.2 Å². The Bertz CT molecular complexity index is 415. The smallest absolute Gasteiger partial charge is 0.124 e. The standard InChI is InChI=1S/C14H20N2O2/c1-14(11-15,16-2)8-5-9-18-13-7-4-3-6-12(13)10-17/h3-4,6-7,16-17H,5,8-10H2,1-2H3. The summed E-state index contributed by atoms with van der Waals surface area (Å²) in [4.78, 5) is 0. The Hall–Kier alpha value is -1.57. The summed E-state index contributed by atoms with van der Waals surface area (Å²) in [7, 11) is 1.78. The third-order valence-electron chi connectivity index (χ3n) is 3.02. The minimum absolute atomic E-state index is 0.0252. The fraction of sp³-hybridized carbons (Fsp3) is 0.500. The minimum atomic E-state index is -0.500. The van der Waals surface area contributed by atoms with Crippen LogP contribution in [0.25, 0.3) is 0 Å². The van der Waals surface area contributed by atoms with Gasteiger partial charge in [0.25, 0.3) is 0 Å². The highest BCUT2D eigenvalue weighted by Gasteiger charge is 2.20. The Morgan fingerprint density at radius 2 is 2.17 bits per heavy atom. The van der Waals surface area contributed by atoms with Gasteiger partial charge in [0.05, 0.1) is 19.3 Å². The van der Waals surface area contributed by atoms with E-state index in [1.54, 1.807) is 7.05 Å². The predicted molar refractivity (Wildman–Crippen MR) is 70.2 cm³/mol. The Balaban J connectivity index is 2.41. The maximum Gasteiger partial charge on any atom is 0.124 e. The molecule has 0 bridgehead atoms. The fourth-order valence-corrected chi connectivity index (χ4v) is 1.62. The molecule has 4 heteroatoms. The molecule has 1 atom stereocenters. The highest BCUT2D eigenvalue weighted by molar-refractivity contribution is 5.32. The molecule has 1 aromatic carbocycles. The van der Waals surface area contributed by atoms with Gasteiger partial charge in [-0.1, -0.05) is 18.2 Å². The molecule has 0 aliphatic carbocycles. The van der Waals surface area contributed by atoms with Crippen LogP contribution in [0.3, 0.4) is 0 Å². The zero-order valence-corrected chi connectivity index (χ0v) is 10.9. The van der Waals surface area contributed by atoms with E-state index in [4.69, 9.17) is 15.1 Å². The monoisotopic (exact) mass is 248 g/mol. The van der Waals surface area contributed by atoms with Crippen molar-refractivity contribution in [2.24, 2.45) is 0 Å². The third-order valence-corrected chi connectivity index (χ3v) is 3.02. The van der Waals surface area contributed by atoms with E-state index in [1.165, 1.54) is 0 Å². The summed E-state index contributed by atoms with van der Waals surface area (Å²) in [5, 5.41) is 21.1. The zero-order valence-electron chi connectivity index (χ0n) is 10.9. The van der Waals surface area contributed by atoms with Gasteiger partial charge in [-0.15, -0.1) is 0 Å². The van der Waals surface area contributed by atoms with Crippen LogP contribution in [-0.2, 0) is 6.61 Å². The molecule has 2 N–H and O–H groups in total. The molecule has 18 heavy (non-hydrogen) atoms. The van der Waals surface area contributed by atoms with E-state index in [1.807, 2.05) is 31.2 Å². The van der Waals surface area contributed by atoms with Gasteiger partial charge in [-0.05, 0) is 32.9 Å². The molecular weight excluding hydrogens is 228 g/mol. The molecular formula is C14H20N2O2. The van der Waals surface area contributed by atoms with Crippen molar-refractivity contribution in [3.63, 3.8) is 0 Å². The number of nitriles is 1. The second-order valence-corrected chi connectivity index (χ2v) is 4.41. The van der Waals surface area contributed by atoms with Crippen LogP contribution in [0, 0.1) is 11.3 Å². The van der Waals surface area contributed by atoms with Gasteiger partial charge in [0, 0.05) is 5.56 Å². The summed E-state index contributed by atoms with van der Waals surface area (Å²) in [5.41, 5.74) is 0.286. The molecule has 0 radical (unpaired) electrons. The Labute approximate surface area is 108 Å². The van der Waals surface area contributed by atoms with E-state index in [0.29, 0.717) is 12.4 Å². The first-order valence-electron chi connectivity index (χ1n) is 6.07. The normalized spacial score (nSPS) is 13.7. The van der Waals surface area contributed by atoms with Crippen LogP contribution >= 0.6 is 0 Å². The molecule has 1 aromatic rings. The Morgan fingerprint density at radius 1 is 1.44 bits per heavy atom. The van der Waals surface area contributed by atoms with Crippen molar-refractivity contribution in [2.45, 2.75) is 31.9 Å². The molecule has 0 aliphatic rings. The molecule has 0 saturated carbocycles. The average molecular weight is 248 g/mol. The first-order valence-corrected chi connectivity index (χ1v) is 6.07. The van der Waals surface area contributed by atoms with E-state index >= 15 is 0 Å². The number of hydrogen-bond acceptors (Lipinski definition) is 4. The summed E-state index contributed by atoms with van der Waals surface area (Å²) in [6.07, 6.45) is 1.51. The van der Waals surface area contributed by atoms with E-state index in [0.717, 1.165) is 18.4 Å². The molecule has 0 fully saturated rings. The van der Waals surface area contributed by atoms with Crippen LogP contribution in [0.15, 0.2) is 24.3 Å². The van der Waals surface area contributed by atoms with Crippen LogP contribution in [0.4, 0.5) is 0 Å². The van der Waals surface area contributed by atoms with Gasteiger partial charge in [-0.2, -0.15) is 5.26 Å². The maximum atomic E-state index is 9.15. The van der Waals surface area contributed by atoms with E-state index < -0.39 is 5.54 Å². The van der Waals surface area contributed by atoms with Gasteiger partial charge in [0.1, 0.15) is 11.3 Å². The van der Waals surface area contributed by atoms with Gasteiger partial charge >= 0.3 is 0 Å². The number of ether oxygens (including phenoxy) is 1. The summed E-state index contributed by atoms with van der Waals surface area (Å²) in [6, 6.07) is 9.66. The van der Waals surface area contributed by atoms with Crippen molar-refractivity contribution in [1.82, 2.24) is 5.32 Å². The highest BCUT2D eigenvalue weighted by atomic mass is 16.5. The molecule has 0 heterocycles. The zero-order chi connectivity index (χ0) is 13.4. The number of nitrogens with zero attached hydrogens (tertiary/aromatic N) is 1. The molecule has 0 spiro atoms. The van der Waals surface area contributed by atoms with Crippen molar-refractivity contribution in [1.29, 1.82) is 5.26 Å². The van der Waals surface area contributed by atoms with Crippen molar-refractivity contribution in [3.05, 3.63) is 29.8 Å². The fourth-order valence-electron chi connectivity index (χ4n) is 1.62. The molecule has 0 saturated heterocycles. The van der Waals surface area contributed by atoms with E-state index in [2.05, 4.69) is 11.4 Å². The van der Waals surface area contributed by atoms with Gasteiger partial charge in [0.2, 0.25) is 0 Å². The summed E-state index contributed by atoms with van der Waals surface area (Å²) >= 11 is 0. The molecule has 1 unspecified atom stereocenters. The average Bonchev–Trinajstić information content (AvgIpc) is 2.43. The molecule has 0 aliphatic heterocycles. The summed E-state index contributed by atoms with van der Waals surface area (Å²) in [6.45, 7) is 2.38. The lowest BCUT2D eigenvalue weighted by molar-refractivity contribution is 0.255. The third kappa shape index (κ3) is 4.02. The quantitative estimate of drug-likeness (QED) is 0.723.